The van der Waals surface area contributed by atoms with Gasteiger partial charge in [-0.25, -0.2) is 10.8 Å². The molecule has 1 amide bonds. The Hall–Kier alpha value is -1.66. The zero-order valence-electron chi connectivity index (χ0n) is 11.6. The Balaban J connectivity index is 2.42. The van der Waals surface area contributed by atoms with E-state index in [1.807, 2.05) is 0 Å². The third kappa shape index (κ3) is 5.23. The molecule has 0 aliphatic rings. The van der Waals surface area contributed by atoms with Crippen molar-refractivity contribution in [1.29, 1.82) is 0 Å². The summed E-state index contributed by atoms with van der Waals surface area (Å²) in [7, 11) is 0. The van der Waals surface area contributed by atoms with Gasteiger partial charge in [-0.05, 0) is 31.6 Å². The van der Waals surface area contributed by atoms with E-state index in [1.165, 1.54) is 0 Å². The molecule has 19 heavy (non-hydrogen) atoms. The molecule has 0 aliphatic heterocycles. The third-order valence-corrected chi connectivity index (χ3v) is 2.87. The first-order valence-electron chi connectivity index (χ1n) is 6.64. The first-order chi connectivity index (χ1) is 9.21. The summed E-state index contributed by atoms with van der Waals surface area (Å²) in [6, 6.07) is 3.29. The normalized spacial score (nSPS) is 10.5. The molecule has 0 fully saturated rings. The molecule has 0 bridgehead atoms. The molecule has 0 aromatic carbocycles. The number of nitrogens with two attached hydrogens (primary N) is 1. The number of rotatable bonds is 8. The van der Waals surface area contributed by atoms with Gasteiger partial charge < -0.3 is 15.6 Å². The number of carbonyl (C=O) groups is 1. The highest BCUT2D eigenvalue weighted by atomic mass is 16.1. The fourth-order valence-corrected chi connectivity index (χ4v) is 1.82. The lowest BCUT2D eigenvalue weighted by Gasteiger charge is -2.19. The van der Waals surface area contributed by atoms with E-state index in [-0.39, 0.29) is 5.91 Å². The number of nitrogen functional groups attached to an aromatic ring is 1. The Morgan fingerprint density at radius 3 is 2.84 bits per heavy atom. The monoisotopic (exact) mass is 265 g/mol. The third-order valence-electron chi connectivity index (χ3n) is 2.87. The fourth-order valence-electron chi connectivity index (χ4n) is 1.82. The van der Waals surface area contributed by atoms with Crippen LogP contribution in [-0.2, 0) is 0 Å². The van der Waals surface area contributed by atoms with Crippen molar-refractivity contribution >= 4 is 11.7 Å². The molecule has 6 nitrogen and oxygen atoms in total. The van der Waals surface area contributed by atoms with Crippen LogP contribution in [0.3, 0.4) is 0 Å². The molecule has 1 heterocycles. The molecule has 1 aromatic rings. The predicted molar refractivity (Wildman–Crippen MR) is 76.8 cm³/mol. The van der Waals surface area contributed by atoms with Gasteiger partial charge >= 0.3 is 0 Å². The summed E-state index contributed by atoms with van der Waals surface area (Å²) in [5.41, 5.74) is 2.98. The maximum Gasteiger partial charge on any atom is 0.251 e. The van der Waals surface area contributed by atoms with Gasteiger partial charge in [-0.1, -0.05) is 13.8 Å². The number of hydrazine groups is 1. The van der Waals surface area contributed by atoms with Crippen LogP contribution in [-0.4, -0.2) is 42.0 Å². The smallest absolute Gasteiger partial charge is 0.251 e. The van der Waals surface area contributed by atoms with Crippen molar-refractivity contribution in [2.75, 3.05) is 31.6 Å². The molecular formula is C13H23N5O. The summed E-state index contributed by atoms with van der Waals surface area (Å²) < 4.78 is 0. The molecule has 0 saturated carbocycles. The van der Waals surface area contributed by atoms with Crippen LogP contribution in [0.1, 0.15) is 30.6 Å². The molecule has 4 N–H and O–H groups in total. The van der Waals surface area contributed by atoms with Gasteiger partial charge in [-0.15, -0.1) is 0 Å². The Kier molecular flexibility index (Phi) is 6.84. The van der Waals surface area contributed by atoms with E-state index >= 15 is 0 Å². The molecule has 0 spiro atoms. The van der Waals surface area contributed by atoms with Crippen LogP contribution in [0.2, 0.25) is 0 Å². The number of pyridine rings is 1. The van der Waals surface area contributed by atoms with Gasteiger partial charge in [0.2, 0.25) is 0 Å². The SMILES string of the molecule is CCCN(CC)CCNC(=O)c1ccnc(NN)c1. The number of nitrogens with zero attached hydrogens (tertiary/aromatic N) is 2. The highest BCUT2D eigenvalue weighted by Gasteiger charge is 2.07. The molecule has 6 heteroatoms. The van der Waals surface area contributed by atoms with Gasteiger partial charge in [0.25, 0.3) is 5.91 Å². The maximum atomic E-state index is 11.9. The van der Waals surface area contributed by atoms with Crippen LogP contribution in [0.5, 0.6) is 0 Å². The van der Waals surface area contributed by atoms with E-state index in [0.29, 0.717) is 17.9 Å². The van der Waals surface area contributed by atoms with Crippen molar-refractivity contribution in [2.24, 2.45) is 5.84 Å². The fraction of sp³-hybridized carbons (Fsp3) is 0.538. The number of amides is 1. The van der Waals surface area contributed by atoms with Crippen LogP contribution in [0.15, 0.2) is 18.3 Å². The Morgan fingerprint density at radius 1 is 1.42 bits per heavy atom. The molecule has 1 aromatic heterocycles. The second-order valence-corrected chi connectivity index (χ2v) is 4.26. The van der Waals surface area contributed by atoms with Crippen LogP contribution < -0.4 is 16.6 Å². The van der Waals surface area contributed by atoms with Gasteiger partial charge in [0.15, 0.2) is 0 Å². The Labute approximate surface area is 114 Å². The van der Waals surface area contributed by atoms with Crippen LogP contribution in [0.25, 0.3) is 0 Å². The highest BCUT2D eigenvalue weighted by molar-refractivity contribution is 5.94. The topological polar surface area (TPSA) is 83.3 Å². The van der Waals surface area contributed by atoms with Crippen molar-refractivity contribution in [3.8, 4) is 0 Å². The molecule has 0 saturated heterocycles. The summed E-state index contributed by atoms with van der Waals surface area (Å²) in [5.74, 6) is 5.63. The zero-order valence-corrected chi connectivity index (χ0v) is 11.6. The van der Waals surface area contributed by atoms with Crippen molar-refractivity contribution in [3.63, 3.8) is 0 Å². The summed E-state index contributed by atoms with van der Waals surface area (Å²) >= 11 is 0. The van der Waals surface area contributed by atoms with Crippen molar-refractivity contribution in [2.45, 2.75) is 20.3 Å². The molecule has 106 valence electrons. The van der Waals surface area contributed by atoms with Gasteiger partial charge in [0.1, 0.15) is 5.82 Å². The first kappa shape index (κ1) is 15.4. The standard InChI is InChI=1S/C13H23N5O/c1-3-8-18(4-2)9-7-16-13(19)11-5-6-15-12(10-11)17-14/h5-6,10H,3-4,7-9,14H2,1-2H3,(H,15,17)(H,16,19). The lowest BCUT2D eigenvalue weighted by atomic mass is 10.2. The number of hydrogen-bond acceptors (Lipinski definition) is 5. The van der Waals surface area contributed by atoms with Gasteiger partial charge in [0, 0.05) is 24.8 Å². The Morgan fingerprint density at radius 2 is 2.21 bits per heavy atom. The van der Waals surface area contributed by atoms with Crippen LogP contribution in [0, 0.1) is 0 Å². The minimum absolute atomic E-state index is 0.105. The Bertz CT molecular complexity index is 396. The highest BCUT2D eigenvalue weighted by Crippen LogP contribution is 2.04. The number of aromatic nitrogens is 1. The molecular weight excluding hydrogens is 242 g/mol. The van der Waals surface area contributed by atoms with E-state index in [0.717, 1.165) is 26.1 Å². The van der Waals surface area contributed by atoms with Crippen molar-refractivity contribution in [3.05, 3.63) is 23.9 Å². The largest absolute Gasteiger partial charge is 0.351 e. The van der Waals surface area contributed by atoms with Crippen LogP contribution in [0.4, 0.5) is 5.82 Å². The first-order valence-corrected chi connectivity index (χ1v) is 6.64. The number of hydrogen-bond donors (Lipinski definition) is 3. The summed E-state index contributed by atoms with van der Waals surface area (Å²) in [4.78, 5) is 18.2. The van der Waals surface area contributed by atoms with Gasteiger partial charge in [-0.2, -0.15) is 0 Å². The van der Waals surface area contributed by atoms with Gasteiger partial charge in [0.05, 0.1) is 0 Å². The predicted octanol–water partition coefficient (Wildman–Crippen LogP) is 0.829. The van der Waals surface area contributed by atoms with Gasteiger partial charge in [-0.3, -0.25) is 4.79 Å². The molecule has 0 atom stereocenters. The summed E-state index contributed by atoms with van der Waals surface area (Å²) in [6.45, 7) is 7.84. The van der Waals surface area contributed by atoms with Crippen LogP contribution >= 0.6 is 0 Å². The second-order valence-electron chi connectivity index (χ2n) is 4.26. The molecule has 0 unspecified atom stereocenters. The van der Waals surface area contributed by atoms with Crippen molar-refractivity contribution in [1.82, 2.24) is 15.2 Å². The number of carbonyl (C=O) groups excluding carboxylic acids is 1. The van der Waals surface area contributed by atoms with E-state index in [9.17, 15) is 4.79 Å². The molecule has 0 radical (unpaired) electrons. The minimum atomic E-state index is -0.105. The number of anilines is 1. The maximum absolute atomic E-state index is 11.9. The van der Waals surface area contributed by atoms with E-state index < -0.39 is 0 Å². The van der Waals surface area contributed by atoms with E-state index in [2.05, 4.69) is 34.5 Å². The zero-order chi connectivity index (χ0) is 14.1. The van der Waals surface area contributed by atoms with E-state index in [1.54, 1.807) is 18.3 Å². The lowest BCUT2D eigenvalue weighted by molar-refractivity contribution is 0.0948. The average molecular weight is 265 g/mol. The summed E-state index contributed by atoms with van der Waals surface area (Å²) in [6.07, 6.45) is 2.68. The summed E-state index contributed by atoms with van der Waals surface area (Å²) in [5, 5.41) is 2.90. The van der Waals surface area contributed by atoms with E-state index in [4.69, 9.17) is 5.84 Å². The number of likely N-dealkylation sites (N-methyl/N-ethyl adjacent to an activating group) is 1. The second kappa shape index (κ2) is 8.44. The number of nitrogens with one attached hydrogen (secondary N) is 2. The van der Waals surface area contributed by atoms with Crippen molar-refractivity contribution < 1.29 is 4.79 Å². The minimum Gasteiger partial charge on any atom is -0.351 e. The lowest BCUT2D eigenvalue weighted by Crippen LogP contribution is -2.35. The molecule has 1 rings (SSSR count). The average Bonchev–Trinajstić information content (AvgIpc) is 2.46. The molecule has 0 aliphatic carbocycles. The quantitative estimate of drug-likeness (QED) is 0.479.